The van der Waals surface area contributed by atoms with Crippen LogP contribution in [0.5, 0.6) is 0 Å². The van der Waals surface area contributed by atoms with Crippen LogP contribution in [0.4, 0.5) is 15.8 Å². The third-order valence-corrected chi connectivity index (χ3v) is 7.13. The molecule has 168 valence electrons. The Balaban J connectivity index is 1.91. The van der Waals surface area contributed by atoms with Gasteiger partial charge in [-0.1, -0.05) is 23.7 Å². The molecule has 12 heteroatoms. The summed E-state index contributed by atoms with van der Waals surface area (Å²) in [6, 6.07) is 13.7. The number of methoxy groups -OCH3 is 1. The smallest absolute Gasteiger partial charge is 0.337 e. The van der Waals surface area contributed by atoms with Gasteiger partial charge in [0.2, 0.25) is 0 Å². The molecule has 0 aliphatic rings. The summed E-state index contributed by atoms with van der Waals surface area (Å²) in [5.74, 6) is -1.95. The Hall–Kier alpha value is -3.15. The maximum atomic E-state index is 14.2. The van der Waals surface area contributed by atoms with Gasteiger partial charge in [-0.25, -0.2) is 26.0 Å². The van der Waals surface area contributed by atoms with Crippen LogP contribution >= 0.6 is 11.6 Å². The quantitative estimate of drug-likeness (QED) is 0.477. The Kier molecular flexibility index (Phi) is 6.72. The van der Waals surface area contributed by atoms with Crippen LogP contribution in [0.2, 0.25) is 5.02 Å². The molecule has 2 N–H and O–H groups in total. The molecular weight excluding hydrogens is 483 g/mol. The molecule has 8 nitrogen and oxygen atoms in total. The number of carbonyl (C=O) groups excluding carboxylic acids is 1. The number of benzene rings is 3. The number of hydrogen-bond donors (Lipinski definition) is 2. The van der Waals surface area contributed by atoms with Gasteiger partial charge >= 0.3 is 5.97 Å². The van der Waals surface area contributed by atoms with Gasteiger partial charge in [0.25, 0.3) is 20.0 Å². The maximum absolute atomic E-state index is 14.2. The number of hydrogen-bond acceptors (Lipinski definition) is 6. The van der Waals surface area contributed by atoms with E-state index in [1.54, 1.807) is 12.1 Å². The summed E-state index contributed by atoms with van der Waals surface area (Å²) < 4.78 is 73.9. The van der Waals surface area contributed by atoms with Gasteiger partial charge in [-0.3, -0.25) is 9.44 Å². The Labute approximate surface area is 189 Å². The summed E-state index contributed by atoms with van der Waals surface area (Å²) in [5, 5.41) is 0.322. The Morgan fingerprint density at radius 3 is 2.16 bits per heavy atom. The number of halogens is 2. The van der Waals surface area contributed by atoms with Crippen molar-refractivity contribution in [1.82, 2.24) is 0 Å². The first kappa shape index (κ1) is 23.5. The lowest BCUT2D eigenvalue weighted by Gasteiger charge is -2.12. The highest BCUT2D eigenvalue weighted by atomic mass is 35.5. The van der Waals surface area contributed by atoms with Gasteiger partial charge in [0.05, 0.1) is 28.9 Å². The van der Waals surface area contributed by atoms with Gasteiger partial charge in [0, 0.05) is 5.02 Å². The fourth-order valence-corrected chi connectivity index (χ4v) is 5.10. The number of rotatable bonds is 7. The van der Waals surface area contributed by atoms with E-state index in [0.717, 1.165) is 31.4 Å². The highest BCUT2D eigenvalue weighted by Gasteiger charge is 2.23. The lowest BCUT2D eigenvalue weighted by atomic mass is 10.2. The van der Waals surface area contributed by atoms with E-state index in [1.807, 2.05) is 0 Å². The van der Waals surface area contributed by atoms with Crippen molar-refractivity contribution in [1.29, 1.82) is 0 Å². The van der Waals surface area contributed by atoms with E-state index < -0.39 is 36.7 Å². The van der Waals surface area contributed by atoms with Crippen LogP contribution in [0.15, 0.2) is 76.5 Å². The van der Waals surface area contributed by atoms with Crippen molar-refractivity contribution in [3.8, 4) is 0 Å². The molecule has 0 heterocycles. The van der Waals surface area contributed by atoms with Gasteiger partial charge in [-0.05, 0) is 54.6 Å². The molecule has 0 unspecified atom stereocenters. The molecule has 0 bridgehead atoms. The highest BCUT2D eigenvalue weighted by Crippen LogP contribution is 2.24. The van der Waals surface area contributed by atoms with E-state index >= 15 is 0 Å². The van der Waals surface area contributed by atoms with Crippen molar-refractivity contribution >= 4 is 49.0 Å². The average Bonchev–Trinajstić information content (AvgIpc) is 2.73. The van der Waals surface area contributed by atoms with Gasteiger partial charge in [0.1, 0.15) is 10.7 Å². The number of nitrogens with one attached hydrogen (secondary N) is 2. The molecule has 0 amide bonds. The number of sulfonamides is 2. The molecule has 3 rings (SSSR count). The molecule has 0 aromatic heterocycles. The highest BCUT2D eigenvalue weighted by molar-refractivity contribution is 7.93. The van der Waals surface area contributed by atoms with Crippen molar-refractivity contribution in [2.75, 3.05) is 16.6 Å². The zero-order chi connectivity index (χ0) is 23.5. The van der Waals surface area contributed by atoms with E-state index in [0.29, 0.717) is 5.02 Å². The fourth-order valence-electron chi connectivity index (χ4n) is 2.66. The number of anilines is 2. The van der Waals surface area contributed by atoms with Gasteiger partial charge < -0.3 is 4.74 Å². The standard InChI is InChI=1S/C20H16ClFN2O6S2/c1-30-20(25)13-8-9-18(22)19(10-13)32(28,29)24-16-6-3-7-17(12-16)31(26,27)23-15-5-2-4-14(21)11-15/h2-12,23-24H,1H3. The van der Waals surface area contributed by atoms with E-state index in [1.165, 1.54) is 30.3 Å². The SMILES string of the molecule is COC(=O)c1ccc(F)c(S(=O)(=O)Nc2cccc(S(=O)(=O)Nc3cccc(Cl)c3)c2)c1. The first-order chi connectivity index (χ1) is 15.0. The first-order valence-corrected chi connectivity index (χ1v) is 12.2. The Bertz CT molecular complexity index is 1390. The summed E-state index contributed by atoms with van der Waals surface area (Å²) in [6.45, 7) is 0. The van der Waals surface area contributed by atoms with Gasteiger partial charge in [-0.15, -0.1) is 0 Å². The van der Waals surface area contributed by atoms with E-state index in [2.05, 4.69) is 14.2 Å². The molecular formula is C20H16ClFN2O6S2. The van der Waals surface area contributed by atoms with Crippen LogP contribution in [-0.2, 0) is 24.8 Å². The minimum absolute atomic E-state index is 0.137. The van der Waals surface area contributed by atoms with E-state index in [4.69, 9.17) is 11.6 Å². The minimum Gasteiger partial charge on any atom is -0.465 e. The van der Waals surface area contributed by atoms with Crippen molar-refractivity contribution in [2.45, 2.75) is 9.79 Å². The van der Waals surface area contributed by atoms with Crippen LogP contribution < -0.4 is 9.44 Å². The minimum atomic E-state index is -4.50. The Morgan fingerprint density at radius 2 is 1.50 bits per heavy atom. The molecule has 0 saturated heterocycles. The number of ether oxygens (including phenoxy) is 1. The summed E-state index contributed by atoms with van der Waals surface area (Å²) in [6.07, 6.45) is 0. The molecule has 0 fully saturated rings. The number of esters is 1. The first-order valence-electron chi connectivity index (χ1n) is 8.81. The van der Waals surface area contributed by atoms with Crippen LogP contribution in [0.1, 0.15) is 10.4 Å². The lowest BCUT2D eigenvalue weighted by molar-refractivity contribution is 0.0600. The predicted octanol–water partition coefficient (Wildman–Crippen LogP) is 3.87. The normalized spacial score (nSPS) is 11.6. The van der Waals surface area contributed by atoms with Crippen LogP contribution in [0.3, 0.4) is 0 Å². The molecule has 0 atom stereocenters. The molecule has 0 radical (unpaired) electrons. The lowest BCUT2D eigenvalue weighted by Crippen LogP contribution is -2.17. The molecule has 0 spiro atoms. The molecule has 0 aliphatic heterocycles. The summed E-state index contributed by atoms with van der Waals surface area (Å²) >= 11 is 5.86. The topological polar surface area (TPSA) is 119 Å². The zero-order valence-corrected chi connectivity index (χ0v) is 18.8. The summed E-state index contributed by atoms with van der Waals surface area (Å²) in [4.78, 5) is 10.6. The van der Waals surface area contributed by atoms with Gasteiger partial charge in [-0.2, -0.15) is 0 Å². The molecule has 32 heavy (non-hydrogen) atoms. The maximum Gasteiger partial charge on any atom is 0.337 e. The van der Waals surface area contributed by atoms with Crippen molar-refractivity contribution in [3.05, 3.63) is 83.1 Å². The largest absolute Gasteiger partial charge is 0.465 e. The second-order valence-corrected chi connectivity index (χ2v) is 10.2. The third kappa shape index (κ3) is 5.36. The van der Waals surface area contributed by atoms with Crippen LogP contribution in [-0.4, -0.2) is 29.9 Å². The second-order valence-electron chi connectivity index (χ2n) is 6.39. The van der Waals surface area contributed by atoms with Gasteiger partial charge in [0.15, 0.2) is 0 Å². The van der Waals surface area contributed by atoms with E-state index in [-0.39, 0.29) is 21.8 Å². The van der Waals surface area contributed by atoms with Crippen LogP contribution in [0.25, 0.3) is 0 Å². The van der Waals surface area contributed by atoms with Crippen LogP contribution in [0, 0.1) is 5.82 Å². The number of carbonyl (C=O) groups is 1. The zero-order valence-electron chi connectivity index (χ0n) is 16.4. The summed E-state index contributed by atoms with van der Waals surface area (Å²) in [5.41, 5.74) is -0.0941. The van der Waals surface area contributed by atoms with E-state index in [9.17, 15) is 26.0 Å². The molecule has 3 aromatic rings. The summed E-state index contributed by atoms with van der Waals surface area (Å²) in [7, 11) is -7.48. The molecule has 0 saturated carbocycles. The Morgan fingerprint density at radius 1 is 0.875 bits per heavy atom. The van der Waals surface area contributed by atoms with Crippen molar-refractivity contribution < 1.29 is 30.8 Å². The molecule has 3 aromatic carbocycles. The average molecular weight is 499 g/mol. The fraction of sp³-hybridized carbons (Fsp3) is 0.0500. The monoisotopic (exact) mass is 498 g/mol. The van der Waals surface area contributed by atoms with Crippen molar-refractivity contribution in [2.24, 2.45) is 0 Å². The third-order valence-electron chi connectivity index (χ3n) is 4.12. The molecule has 0 aliphatic carbocycles. The van der Waals surface area contributed by atoms with Crippen molar-refractivity contribution in [3.63, 3.8) is 0 Å². The second kappa shape index (κ2) is 9.15. The predicted molar refractivity (Wildman–Crippen MR) is 117 cm³/mol.